The summed E-state index contributed by atoms with van der Waals surface area (Å²) in [7, 11) is 0. The lowest BCUT2D eigenvalue weighted by Gasteiger charge is -2.16. The molecular formula is C14H14N2O3. The molecule has 2 N–H and O–H groups in total. The highest BCUT2D eigenvalue weighted by molar-refractivity contribution is 5.86. The minimum absolute atomic E-state index is 0.0803. The van der Waals surface area contributed by atoms with Crippen LogP contribution in [0.3, 0.4) is 0 Å². The molecule has 1 aromatic carbocycles. The number of fused-ring (bicyclic) bond motifs is 1. The van der Waals surface area contributed by atoms with E-state index < -0.39 is 5.97 Å². The maximum Gasteiger partial charge on any atom is 0.353 e. The van der Waals surface area contributed by atoms with Gasteiger partial charge in [0.25, 0.3) is 0 Å². The van der Waals surface area contributed by atoms with Gasteiger partial charge in [-0.15, -0.1) is 0 Å². The largest absolute Gasteiger partial charge is 0.487 e. The minimum atomic E-state index is -1.02. The van der Waals surface area contributed by atoms with Gasteiger partial charge >= 0.3 is 5.97 Å². The van der Waals surface area contributed by atoms with Crippen molar-refractivity contribution in [2.45, 2.75) is 25.9 Å². The Morgan fingerprint density at radius 3 is 2.89 bits per heavy atom. The lowest BCUT2D eigenvalue weighted by Crippen LogP contribution is -2.24. The Morgan fingerprint density at radius 2 is 2.21 bits per heavy atom. The number of aromatic carboxylic acids is 1. The molecular weight excluding hydrogens is 244 g/mol. The van der Waals surface area contributed by atoms with Crippen LogP contribution >= 0.6 is 0 Å². The first-order valence-electron chi connectivity index (χ1n) is 6.06. The summed E-state index contributed by atoms with van der Waals surface area (Å²) < 4.78 is 5.86. The lowest BCUT2D eigenvalue weighted by molar-refractivity contribution is 0.0690. The number of aromatic amines is 1. The standard InChI is InChI=1S/C14H14N2O3/c1-14(2)7-9-4-3-8(5-12(9)19-14)10-6-11(13(17)18)16-15-10/h3-6H,7H2,1-2H3,(H,15,16)(H,17,18). The number of carbonyl (C=O) groups is 1. The summed E-state index contributed by atoms with van der Waals surface area (Å²) >= 11 is 0. The number of carboxylic acids is 1. The second-order valence-corrected chi connectivity index (χ2v) is 5.33. The second kappa shape index (κ2) is 3.85. The van der Waals surface area contributed by atoms with Crippen LogP contribution in [0.1, 0.15) is 29.9 Å². The summed E-state index contributed by atoms with van der Waals surface area (Å²) in [6, 6.07) is 7.37. The predicted molar refractivity (Wildman–Crippen MR) is 69.4 cm³/mol. The van der Waals surface area contributed by atoms with Crippen molar-refractivity contribution in [2.75, 3.05) is 0 Å². The average molecular weight is 258 g/mol. The van der Waals surface area contributed by atoms with Crippen LogP contribution in [0.15, 0.2) is 24.3 Å². The van der Waals surface area contributed by atoms with E-state index in [1.54, 1.807) is 0 Å². The number of hydrogen-bond acceptors (Lipinski definition) is 3. The van der Waals surface area contributed by atoms with Crippen LogP contribution in [0.5, 0.6) is 5.75 Å². The van der Waals surface area contributed by atoms with E-state index in [2.05, 4.69) is 10.2 Å². The highest BCUT2D eigenvalue weighted by Crippen LogP contribution is 2.37. The molecule has 0 saturated heterocycles. The molecule has 1 aromatic heterocycles. The number of carboxylic acid groups (broad SMARTS) is 1. The fourth-order valence-electron chi connectivity index (χ4n) is 2.33. The van der Waals surface area contributed by atoms with Crippen LogP contribution in [-0.4, -0.2) is 26.9 Å². The third kappa shape index (κ3) is 2.07. The van der Waals surface area contributed by atoms with Gasteiger partial charge in [-0.2, -0.15) is 5.10 Å². The van der Waals surface area contributed by atoms with Gasteiger partial charge in [-0.05, 0) is 31.5 Å². The molecule has 2 aromatic rings. The van der Waals surface area contributed by atoms with Crippen molar-refractivity contribution < 1.29 is 14.6 Å². The maximum absolute atomic E-state index is 10.8. The number of hydrogen-bond donors (Lipinski definition) is 2. The summed E-state index contributed by atoms with van der Waals surface area (Å²) in [5, 5.41) is 15.4. The average Bonchev–Trinajstić information content (AvgIpc) is 2.89. The van der Waals surface area contributed by atoms with Gasteiger partial charge in [0.1, 0.15) is 17.0 Å². The quantitative estimate of drug-likeness (QED) is 0.867. The fourth-order valence-corrected chi connectivity index (χ4v) is 2.33. The molecule has 0 spiro atoms. The summed E-state index contributed by atoms with van der Waals surface area (Å²) in [5.74, 6) is -0.167. The van der Waals surface area contributed by atoms with E-state index in [-0.39, 0.29) is 11.3 Å². The fraction of sp³-hybridized carbons (Fsp3) is 0.286. The van der Waals surface area contributed by atoms with Crippen LogP contribution in [0, 0.1) is 0 Å². The molecule has 0 radical (unpaired) electrons. The van der Waals surface area contributed by atoms with Crippen molar-refractivity contribution in [2.24, 2.45) is 0 Å². The van der Waals surface area contributed by atoms with Crippen LogP contribution < -0.4 is 4.74 Å². The van der Waals surface area contributed by atoms with Gasteiger partial charge in [-0.25, -0.2) is 4.79 Å². The van der Waals surface area contributed by atoms with E-state index in [4.69, 9.17) is 9.84 Å². The first kappa shape index (κ1) is 11.8. The molecule has 0 unspecified atom stereocenters. The molecule has 1 aliphatic heterocycles. The zero-order chi connectivity index (χ0) is 13.6. The molecule has 3 rings (SSSR count). The summed E-state index contributed by atoms with van der Waals surface area (Å²) in [6.07, 6.45) is 0.879. The molecule has 1 aliphatic rings. The van der Waals surface area contributed by atoms with Crippen molar-refractivity contribution >= 4 is 5.97 Å². The SMILES string of the molecule is CC1(C)Cc2ccc(-c3cc(C(=O)O)[nH]n3)cc2O1. The summed E-state index contributed by atoms with van der Waals surface area (Å²) in [5.41, 5.74) is 2.52. The monoisotopic (exact) mass is 258 g/mol. The van der Waals surface area contributed by atoms with Crippen LogP contribution in [0.4, 0.5) is 0 Å². The van der Waals surface area contributed by atoms with Gasteiger partial charge in [0.05, 0.1) is 5.69 Å². The maximum atomic E-state index is 10.8. The highest BCUT2D eigenvalue weighted by Gasteiger charge is 2.30. The lowest BCUT2D eigenvalue weighted by atomic mass is 10.0. The predicted octanol–water partition coefficient (Wildman–Crippen LogP) is 2.49. The smallest absolute Gasteiger partial charge is 0.353 e. The summed E-state index contributed by atoms with van der Waals surface area (Å²) in [6.45, 7) is 4.09. The van der Waals surface area contributed by atoms with Crippen molar-refractivity contribution in [1.29, 1.82) is 0 Å². The molecule has 5 heteroatoms. The molecule has 0 atom stereocenters. The van der Waals surface area contributed by atoms with E-state index in [0.29, 0.717) is 5.69 Å². The topological polar surface area (TPSA) is 75.2 Å². The molecule has 0 fully saturated rings. The first-order valence-corrected chi connectivity index (χ1v) is 6.06. The van der Waals surface area contributed by atoms with E-state index >= 15 is 0 Å². The Labute approximate surface area is 110 Å². The number of H-pyrrole nitrogens is 1. The van der Waals surface area contributed by atoms with Gasteiger partial charge in [0, 0.05) is 12.0 Å². The number of benzene rings is 1. The number of nitrogens with one attached hydrogen (secondary N) is 1. The van der Waals surface area contributed by atoms with Crippen LogP contribution in [0.25, 0.3) is 11.3 Å². The Bertz CT molecular complexity index is 658. The Balaban J connectivity index is 1.97. The van der Waals surface area contributed by atoms with Crippen molar-refractivity contribution in [3.63, 3.8) is 0 Å². The number of ether oxygens (including phenoxy) is 1. The third-order valence-electron chi connectivity index (χ3n) is 3.17. The normalized spacial score (nSPS) is 15.9. The molecule has 2 heterocycles. The molecule has 0 saturated carbocycles. The molecule has 19 heavy (non-hydrogen) atoms. The zero-order valence-electron chi connectivity index (χ0n) is 10.7. The highest BCUT2D eigenvalue weighted by atomic mass is 16.5. The molecule has 5 nitrogen and oxygen atoms in total. The Hall–Kier alpha value is -2.30. The minimum Gasteiger partial charge on any atom is -0.487 e. The van der Waals surface area contributed by atoms with E-state index in [1.165, 1.54) is 11.6 Å². The summed E-state index contributed by atoms with van der Waals surface area (Å²) in [4.78, 5) is 10.8. The Kier molecular flexibility index (Phi) is 2.38. The molecule has 0 amide bonds. The Morgan fingerprint density at radius 1 is 1.42 bits per heavy atom. The number of aromatic nitrogens is 2. The van der Waals surface area contributed by atoms with Gasteiger partial charge < -0.3 is 9.84 Å². The molecule has 0 bridgehead atoms. The van der Waals surface area contributed by atoms with Crippen molar-refractivity contribution in [3.05, 3.63) is 35.5 Å². The third-order valence-corrected chi connectivity index (χ3v) is 3.17. The van der Waals surface area contributed by atoms with Crippen LogP contribution in [-0.2, 0) is 6.42 Å². The zero-order valence-corrected chi connectivity index (χ0v) is 10.7. The molecule has 0 aliphatic carbocycles. The van der Waals surface area contributed by atoms with Crippen molar-refractivity contribution in [1.82, 2.24) is 10.2 Å². The number of nitrogens with zero attached hydrogens (tertiary/aromatic N) is 1. The van der Waals surface area contributed by atoms with Gasteiger partial charge in [0.15, 0.2) is 0 Å². The van der Waals surface area contributed by atoms with E-state index in [9.17, 15) is 4.79 Å². The van der Waals surface area contributed by atoms with Gasteiger partial charge in [-0.1, -0.05) is 12.1 Å². The van der Waals surface area contributed by atoms with E-state index in [0.717, 1.165) is 17.7 Å². The van der Waals surface area contributed by atoms with E-state index in [1.807, 2.05) is 32.0 Å². The first-order chi connectivity index (χ1) is 8.94. The second-order valence-electron chi connectivity index (χ2n) is 5.33. The van der Waals surface area contributed by atoms with Gasteiger partial charge in [0.2, 0.25) is 0 Å². The number of rotatable bonds is 2. The van der Waals surface area contributed by atoms with Gasteiger partial charge in [-0.3, -0.25) is 5.10 Å². The van der Waals surface area contributed by atoms with Crippen LogP contribution in [0.2, 0.25) is 0 Å². The van der Waals surface area contributed by atoms with Crippen molar-refractivity contribution in [3.8, 4) is 17.0 Å². The molecule has 98 valence electrons.